The second-order valence-electron chi connectivity index (χ2n) is 7.54. The molecule has 0 aromatic heterocycles. The van der Waals surface area contributed by atoms with Gasteiger partial charge in [-0.05, 0) is 52.9 Å². The van der Waals surface area contributed by atoms with Crippen molar-refractivity contribution < 1.29 is 12.8 Å². The molecule has 0 fully saturated rings. The van der Waals surface area contributed by atoms with E-state index in [1.807, 2.05) is 19.1 Å². The summed E-state index contributed by atoms with van der Waals surface area (Å²) in [5.74, 6) is 0.0685. The quantitative estimate of drug-likeness (QED) is 0.239. The molecule has 0 amide bonds. The first kappa shape index (κ1) is 26.1. The predicted octanol–water partition coefficient (Wildman–Crippen LogP) is 4.44. The number of rotatable bonds is 8. The number of guanidine groups is 1. The molecule has 0 aliphatic heterocycles. The summed E-state index contributed by atoms with van der Waals surface area (Å²) in [6.45, 7) is 3.52. The molecule has 0 atom stereocenters. The largest absolute Gasteiger partial charge is 0.357 e. The molecule has 32 heavy (non-hydrogen) atoms. The van der Waals surface area contributed by atoms with E-state index < -0.39 is 15.7 Å². The highest BCUT2D eigenvalue weighted by molar-refractivity contribution is 14.0. The molecule has 0 saturated heterocycles. The van der Waals surface area contributed by atoms with E-state index in [2.05, 4.69) is 46.0 Å². The number of halogens is 2. The fourth-order valence-corrected chi connectivity index (χ4v) is 4.24. The van der Waals surface area contributed by atoms with E-state index in [9.17, 15) is 12.8 Å². The lowest BCUT2D eigenvalue weighted by molar-refractivity contribution is 0.600. The molecular formula is C24H29FIN3O2S. The van der Waals surface area contributed by atoms with Crippen molar-refractivity contribution in [1.82, 2.24) is 10.6 Å². The summed E-state index contributed by atoms with van der Waals surface area (Å²) in [5, 5.41) is 8.90. The van der Waals surface area contributed by atoms with Crippen LogP contribution in [0.15, 0.2) is 65.7 Å². The van der Waals surface area contributed by atoms with Crippen LogP contribution in [0.4, 0.5) is 4.39 Å². The van der Waals surface area contributed by atoms with Crippen molar-refractivity contribution in [2.75, 3.05) is 19.3 Å². The van der Waals surface area contributed by atoms with Crippen molar-refractivity contribution in [1.29, 1.82) is 0 Å². The van der Waals surface area contributed by atoms with E-state index in [-0.39, 0.29) is 36.3 Å². The number of fused-ring (bicyclic) bond motifs is 1. The molecular weight excluding hydrogens is 540 g/mol. The third-order valence-electron chi connectivity index (χ3n) is 4.86. The van der Waals surface area contributed by atoms with Gasteiger partial charge in [0.1, 0.15) is 5.82 Å². The molecule has 3 rings (SSSR count). The Balaban J connectivity index is 0.00000363. The minimum atomic E-state index is -3.22. The maximum atomic E-state index is 13.7. The average molecular weight is 569 g/mol. The van der Waals surface area contributed by atoms with Crippen LogP contribution < -0.4 is 10.6 Å². The second-order valence-corrected chi connectivity index (χ2v) is 9.68. The molecule has 0 saturated carbocycles. The Labute approximate surface area is 206 Å². The molecule has 2 N–H and O–H groups in total. The van der Waals surface area contributed by atoms with Crippen molar-refractivity contribution in [3.8, 4) is 0 Å². The third kappa shape index (κ3) is 8.05. The van der Waals surface area contributed by atoms with Crippen LogP contribution in [0.2, 0.25) is 0 Å². The highest BCUT2D eigenvalue weighted by atomic mass is 127. The summed E-state index contributed by atoms with van der Waals surface area (Å²) in [6.07, 6.45) is 2.00. The van der Waals surface area contributed by atoms with Crippen molar-refractivity contribution in [3.63, 3.8) is 0 Å². The number of hydrogen-bond donors (Lipinski definition) is 2. The molecule has 3 aromatic rings. The lowest BCUT2D eigenvalue weighted by Crippen LogP contribution is -2.38. The fraction of sp³-hybridized carbons (Fsp3) is 0.292. The highest BCUT2D eigenvalue weighted by Gasteiger charge is 2.11. The Morgan fingerprint density at radius 3 is 2.44 bits per heavy atom. The third-order valence-corrected chi connectivity index (χ3v) is 5.69. The zero-order valence-electron chi connectivity index (χ0n) is 18.3. The lowest BCUT2D eigenvalue weighted by Gasteiger charge is -2.13. The van der Waals surface area contributed by atoms with E-state index in [1.54, 1.807) is 0 Å². The minimum Gasteiger partial charge on any atom is -0.357 e. The molecule has 0 aliphatic carbocycles. The molecule has 5 nitrogen and oxygen atoms in total. The van der Waals surface area contributed by atoms with E-state index in [1.165, 1.54) is 40.8 Å². The molecule has 0 unspecified atom stereocenters. The van der Waals surface area contributed by atoms with Crippen molar-refractivity contribution in [2.24, 2.45) is 4.99 Å². The molecule has 0 heterocycles. The van der Waals surface area contributed by atoms with Gasteiger partial charge in [0.05, 0.1) is 12.3 Å². The maximum absolute atomic E-state index is 13.7. The molecule has 0 bridgehead atoms. The lowest BCUT2D eigenvalue weighted by atomic mass is 10.1. The van der Waals surface area contributed by atoms with Crippen LogP contribution in [0.3, 0.4) is 0 Å². The van der Waals surface area contributed by atoms with E-state index in [4.69, 9.17) is 0 Å². The summed E-state index contributed by atoms with van der Waals surface area (Å²) >= 11 is 0. The zero-order chi connectivity index (χ0) is 22.3. The van der Waals surface area contributed by atoms with Crippen LogP contribution in [-0.4, -0.2) is 33.7 Å². The number of sulfone groups is 1. The SMILES string of the molecule is CCNC(=NCc1cc(F)ccc1CS(C)(=O)=O)NCCc1ccc2ccccc2c1.I. The number of benzene rings is 3. The first-order chi connectivity index (χ1) is 14.8. The summed E-state index contributed by atoms with van der Waals surface area (Å²) < 4.78 is 37.1. The van der Waals surface area contributed by atoms with Crippen LogP contribution >= 0.6 is 24.0 Å². The van der Waals surface area contributed by atoms with Gasteiger partial charge in [-0.1, -0.05) is 48.5 Å². The second kappa shape index (κ2) is 12.2. The average Bonchev–Trinajstić information content (AvgIpc) is 2.72. The van der Waals surface area contributed by atoms with Crippen LogP contribution in [0.25, 0.3) is 10.8 Å². The molecule has 8 heteroatoms. The fourth-order valence-electron chi connectivity index (χ4n) is 3.39. The van der Waals surface area contributed by atoms with Gasteiger partial charge in [-0.25, -0.2) is 17.8 Å². The van der Waals surface area contributed by atoms with Crippen molar-refractivity contribution in [3.05, 3.63) is 83.2 Å². The van der Waals surface area contributed by atoms with Gasteiger partial charge in [0.2, 0.25) is 0 Å². The summed E-state index contributed by atoms with van der Waals surface area (Å²) in [6, 6.07) is 18.8. The summed E-state index contributed by atoms with van der Waals surface area (Å²) in [4.78, 5) is 4.53. The first-order valence-electron chi connectivity index (χ1n) is 10.3. The van der Waals surface area contributed by atoms with Crippen LogP contribution in [0.1, 0.15) is 23.6 Å². The normalized spacial score (nSPS) is 11.8. The van der Waals surface area contributed by atoms with Gasteiger partial charge >= 0.3 is 0 Å². The van der Waals surface area contributed by atoms with Gasteiger partial charge < -0.3 is 10.6 Å². The maximum Gasteiger partial charge on any atom is 0.191 e. The number of hydrogen-bond acceptors (Lipinski definition) is 3. The molecule has 0 aliphatic rings. The van der Waals surface area contributed by atoms with Gasteiger partial charge in [0.15, 0.2) is 15.8 Å². The topological polar surface area (TPSA) is 70.6 Å². The van der Waals surface area contributed by atoms with Gasteiger partial charge in [0.25, 0.3) is 0 Å². The first-order valence-corrected chi connectivity index (χ1v) is 12.3. The summed E-state index contributed by atoms with van der Waals surface area (Å²) in [7, 11) is -3.22. The van der Waals surface area contributed by atoms with Crippen LogP contribution in [0, 0.1) is 5.82 Å². The molecule has 3 aromatic carbocycles. The van der Waals surface area contributed by atoms with Crippen molar-refractivity contribution in [2.45, 2.75) is 25.6 Å². The van der Waals surface area contributed by atoms with Crippen molar-refractivity contribution >= 4 is 50.5 Å². The Morgan fingerprint density at radius 2 is 1.72 bits per heavy atom. The monoisotopic (exact) mass is 569 g/mol. The standard InChI is InChI=1S/C24H28FN3O2S.HI/c1-3-26-24(27-13-12-18-8-9-19-6-4-5-7-20(19)14-18)28-16-22-15-23(25)11-10-21(22)17-31(2,29)30;/h4-11,14-15H,3,12-13,16-17H2,1-2H3,(H2,26,27,28);1H. The van der Waals surface area contributed by atoms with E-state index >= 15 is 0 Å². The van der Waals surface area contributed by atoms with E-state index in [0.29, 0.717) is 30.2 Å². The molecule has 172 valence electrons. The highest BCUT2D eigenvalue weighted by Crippen LogP contribution is 2.17. The smallest absolute Gasteiger partial charge is 0.191 e. The Bertz CT molecular complexity index is 1180. The number of aliphatic imine (C=N–C) groups is 1. The minimum absolute atomic E-state index is 0. The molecule has 0 spiro atoms. The van der Waals surface area contributed by atoms with Gasteiger partial charge in [-0.3, -0.25) is 0 Å². The van der Waals surface area contributed by atoms with Crippen LogP contribution in [0.5, 0.6) is 0 Å². The Morgan fingerprint density at radius 1 is 0.969 bits per heavy atom. The predicted molar refractivity (Wildman–Crippen MR) is 141 cm³/mol. The van der Waals surface area contributed by atoms with Gasteiger partial charge in [0, 0.05) is 19.3 Å². The Kier molecular flexibility index (Phi) is 9.89. The van der Waals surface area contributed by atoms with Gasteiger partial charge in [-0.15, -0.1) is 24.0 Å². The molecule has 0 radical (unpaired) electrons. The van der Waals surface area contributed by atoms with Crippen LogP contribution in [-0.2, 0) is 28.6 Å². The Hall–Kier alpha value is -2.20. The number of nitrogens with zero attached hydrogens (tertiary/aromatic N) is 1. The number of nitrogens with one attached hydrogen (secondary N) is 2. The zero-order valence-corrected chi connectivity index (χ0v) is 21.4. The summed E-state index contributed by atoms with van der Waals surface area (Å²) in [5.41, 5.74) is 2.36. The van der Waals surface area contributed by atoms with E-state index in [0.717, 1.165) is 6.42 Å². The van der Waals surface area contributed by atoms with Gasteiger partial charge in [-0.2, -0.15) is 0 Å².